The molecule has 1 aliphatic rings. The van der Waals surface area contributed by atoms with E-state index in [0.717, 1.165) is 0 Å². The first kappa shape index (κ1) is 9.45. The third kappa shape index (κ3) is 1.39. The summed E-state index contributed by atoms with van der Waals surface area (Å²) in [6.45, 7) is 0. The monoisotopic (exact) mass is 221 g/mol. The first-order chi connectivity index (χ1) is 6.02. The first-order valence-electron chi connectivity index (χ1n) is 3.79. The number of hydrogen-bond donors (Lipinski definition) is 4. The second-order valence-electron chi connectivity index (χ2n) is 3.09. The molecule has 4 nitrogen and oxygen atoms in total. The number of thiophene rings is 1. The maximum absolute atomic E-state index is 9.64. The van der Waals surface area contributed by atoms with Crippen LogP contribution in [0.5, 0.6) is 0 Å². The maximum Gasteiger partial charge on any atom is 0.116 e. The van der Waals surface area contributed by atoms with Crippen LogP contribution in [0.4, 0.5) is 0 Å². The lowest BCUT2D eigenvalue weighted by Gasteiger charge is -2.40. The van der Waals surface area contributed by atoms with Crippen LogP contribution in [0.1, 0.15) is 11.6 Å². The van der Waals surface area contributed by atoms with Crippen molar-refractivity contribution in [2.75, 3.05) is 5.75 Å². The highest BCUT2D eigenvalue weighted by Crippen LogP contribution is 2.57. The van der Waals surface area contributed by atoms with Gasteiger partial charge in [0.15, 0.2) is 0 Å². The third-order valence-electron chi connectivity index (χ3n) is 2.13. The minimum atomic E-state index is -2.79. The van der Waals surface area contributed by atoms with Crippen molar-refractivity contribution in [1.29, 1.82) is 0 Å². The minimum Gasteiger partial charge on any atom is -0.389 e. The van der Waals surface area contributed by atoms with Crippen LogP contribution in [0.2, 0.25) is 0 Å². The van der Waals surface area contributed by atoms with Gasteiger partial charge in [0.2, 0.25) is 0 Å². The molecule has 5 N–H and O–H groups in total. The van der Waals surface area contributed by atoms with E-state index in [1.54, 1.807) is 11.4 Å². The molecule has 0 fully saturated rings. The maximum atomic E-state index is 9.64. The molecule has 1 aromatic heterocycles. The van der Waals surface area contributed by atoms with Crippen LogP contribution in [-0.4, -0.2) is 26.1 Å². The van der Waals surface area contributed by atoms with Gasteiger partial charge in [-0.25, -0.2) is 0 Å². The molecule has 0 saturated carbocycles. The molecular weight excluding hydrogens is 210 g/mol. The van der Waals surface area contributed by atoms with Crippen LogP contribution in [0.25, 0.3) is 0 Å². The molecule has 2 rings (SSSR count). The average molecular weight is 221 g/mol. The summed E-state index contributed by atoms with van der Waals surface area (Å²) in [5.41, 5.74) is 6.37. The molecule has 1 aromatic rings. The molecule has 74 valence electrons. The molecular formula is C7H11NO3S2. The summed E-state index contributed by atoms with van der Waals surface area (Å²) in [7, 11) is -2.79. The van der Waals surface area contributed by atoms with E-state index in [0.29, 0.717) is 9.77 Å². The molecule has 0 radical (unpaired) electrons. The average Bonchev–Trinajstić information content (AvgIpc) is 2.48. The molecule has 0 aliphatic carbocycles. The summed E-state index contributed by atoms with van der Waals surface area (Å²) < 4.78 is 19.8. The minimum absolute atomic E-state index is 0.0400. The lowest BCUT2D eigenvalue weighted by atomic mass is 10.1. The first-order valence-corrected chi connectivity index (χ1v) is 6.39. The predicted molar refractivity (Wildman–Crippen MR) is 53.2 cm³/mol. The summed E-state index contributed by atoms with van der Waals surface area (Å²) in [6, 6.07) is 1.25. The summed E-state index contributed by atoms with van der Waals surface area (Å²) >= 11 is 1.28. The smallest absolute Gasteiger partial charge is 0.116 e. The number of fused-ring (bicyclic) bond motifs is 1. The second-order valence-corrected chi connectivity index (χ2v) is 6.34. The number of aliphatic hydroxyl groups is 1. The van der Waals surface area contributed by atoms with E-state index < -0.39 is 22.7 Å². The van der Waals surface area contributed by atoms with Gasteiger partial charge >= 0.3 is 0 Å². The quantitative estimate of drug-likeness (QED) is 0.530. The number of hydrogen-bond acceptors (Lipinski definition) is 5. The molecule has 0 amide bonds. The van der Waals surface area contributed by atoms with Crippen molar-refractivity contribution in [3.8, 4) is 0 Å². The molecule has 0 saturated heterocycles. The Kier molecular flexibility index (Phi) is 2.14. The molecule has 13 heavy (non-hydrogen) atoms. The summed E-state index contributed by atoms with van der Waals surface area (Å²) in [6.07, 6.45) is -0.855. The van der Waals surface area contributed by atoms with E-state index in [9.17, 15) is 14.2 Å². The zero-order valence-electron chi connectivity index (χ0n) is 6.75. The highest BCUT2D eigenvalue weighted by atomic mass is 32.3. The van der Waals surface area contributed by atoms with Crippen LogP contribution >= 0.6 is 21.9 Å². The van der Waals surface area contributed by atoms with E-state index in [4.69, 9.17) is 5.73 Å². The lowest BCUT2D eigenvalue weighted by Crippen LogP contribution is -2.35. The van der Waals surface area contributed by atoms with E-state index in [1.807, 2.05) is 0 Å². The van der Waals surface area contributed by atoms with E-state index in [1.165, 1.54) is 11.3 Å². The van der Waals surface area contributed by atoms with Crippen molar-refractivity contribution in [3.63, 3.8) is 0 Å². The Balaban J connectivity index is 2.51. The normalized spacial score (nSPS) is 33.8. The fraction of sp³-hybridized carbons (Fsp3) is 0.429. The molecule has 2 atom stereocenters. The van der Waals surface area contributed by atoms with Crippen LogP contribution in [0.15, 0.2) is 15.7 Å². The molecule has 0 aromatic carbocycles. The van der Waals surface area contributed by atoms with Crippen molar-refractivity contribution in [2.45, 2.75) is 16.4 Å². The van der Waals surface area contributed by atoms with E-state index in [-0.39, 0.29) is 5.75 Å². The van der Waals surface area contributed by atoms with Crippen LogP contribution in [0, 0.1) is 0 Å². The molecule has 0 bridgehead atoms. The highest BCUT2D eigenvalue weighted by molar-refractivity contribution is 8.25. The van der Waals surface area contributed by atoms with Gasteiger partial charge in [0.05, 0.1) is 17.9 Å². The van der Waals surface area contributed by atoms with Gasteiger partial charge in [0.25, 0.3) is 0 Å². The van der Waals surface area contributed by atoms with Gasteiger partial charge in [0, 0.05) is 5.56 Å². The largest absolute Gasteiger partial charge is 0.389 e. The van der Waals surface area contributed by atoms with Gasteiger partial charge in [-0.05, 0) is 11.4 Å². The van der Waals surface area contributed by atoms with Crippen LogP contribution in [-0.2, 0) is 0 Å². The fourth-order valence-electron chi connectivity index (χ4n) is 1.44. The number of aliphatic hydroxyl groups excluding tert-OH is 1. The van der Waals surface area contributed by atoms with Crippen molar-refractivity contribution >= 4 is 21.9 Å². The topological polar surface area (TPSA) is 86.7 Å². The Bertz CT molecular complexity index is 325. The summed E-state index contributed by atoms with van der Waals surface area (Å²) in [5.74, 6) is -0.0400. The summed E-state index contributed by atoms with van der Waals surface area (Å²) in [5, 5.41) is 11.2. The predicted octanol–water partition coefficient (Wildman–Crippen LogP) is 1.23. The molecule has 2 unspecified atom stereocenters. The standard InChI is InChI=1S/C7H11NO3S2/c8-6-4-1-2-12-7(4)13(10,11)3-5(6)9/h1-2,5-6,9-11H,3,8H2. The van der Waals surface area contributed by atoms with Crippen LogP contribution < -0.4 is 5.73 Å². The Hall–Kier alpha value is -0.110. The Morgan fingerprint density at radius 2 is 2.23 bits per heavy atom. The van der Waals surface area contributed by atoms with E-state index in [2.05, 4.69) is 0 Å². The zero-order chi connectivity index (χ0) is 9.64. The van der Waals surface area contributed by atoms with Gasteiger partial charge in [0.1, 0.15) is 4.21 Å². The van der Waals surface area contributed by atoms with Crippen molar-refractivity contribution in [2.24, 2.45) is 5.73 Å². The number of nitrogens with two attached hydrogens (primary N) is 1. The second kappa shape index (κ2) is 2.94. The molecule has 6 heteroatoms. The van der Waals surface area contributed by atoms with Gasteiger partial charge in [-0.2, -0.15) is 10.6 Å². The number of rotatable bonds is 0. The van der Waals surface area contributed by atoms with Gasteiger partial charge in [-0.1, -0.05) is 0 Å². The van der Waals surface area contributed by atoms with E-state index >= 15 is 0 Å². The third-order valence-corrected chi connectivity index (χ3v) is 5.58. The van der Waals surface area contributed by atoms with Gasteiger partial charge in [-0.15, -0.1) is 11.3 Å². The fourth-order valence-corrected chi connectivity index (χ4v) is 4.53. The Morgan fingerprint density at radius 1 is 1.54 bits per heavy atom. The SMILES string of the molecule is NC1c2ccsc2S(O)(O)CC1O. The van der Waals surface area contributed by atoms with Gasteiger partial charge in [-0.3, -0.25) is 9.11 Å². The van der Waals surface area contributed by atoms with Crippen molar-refractivity contribution < 1.29 is 14.2 Å². The Labute approximate surface area is 81.4 Å². The Morgan fingerprint density at radius 3 is 2.92 bits per heavy atom. The summed E-state index contributed by atoms with van der Waals surface area (Å²) in [4.78, 5) is 0. The van der Waals surface area contributed by atoms with Crippen molar-refractivity contribution in [3.05, 3.63) is 17.0 Å². The highest BCUT2D eigenvalue weighted by Gasteiger charge is 2.36. The van der Waals surface area contributed by atoms with Gasteiger partial charge < -0.3 is 10.8 Å². The van der Waals surface area contributed by atoms with Crippen LogP contribution in [0.3, 0.4) is 0 Å². The molecule has 1 aliphatic heterocycles. The molecule has 0 spiro atoms. The van der Waals surface area contributed by atoms with Crippen molar-refractivity contribution in [1.82, 2.24) is 0 Å². The lowest BCUT2D eigenvalue weighted by molar-refractivity contribution is 0.159. The zero-order valence-corrected chi connectivity index (χ0v) is 8.38. The molecule has 2 heterocycles.